The number of ether oxygens (including phenoxy) is 3. The lowest BCUT2D eigenvalue weighted by Gasteiger charge is -2.46. The molecule has 54 heavy (non-hydrogen) atoms. The maximum absolute atomic E-state index is 13.3. The van der Waals surface area contributed by atoms with Crippen LogP contribution in [0.15, 0.2) is 71.2 Å². The second kappa shape index (κ2) is 17.1. The first-order valence-electron chi connectivity index (χ1n) is 17.2. The van der Waals surface area contributed by atoms with E-state index in [4.69, 9.17) is 14.2 Å². The second-order valence-corrected chi connectivity index (χ2v) is 14.4. The van der Waals surface area contributed by atoms with Gasteiger partial charge in [-0.05, 0) is 41.7 Å². The van der Waals surface area contributed by atoms with Gasteiger partial charge in [0, 0.05) is 60.7 Å². The van der Waals surface area contributed by atoms with E-state index in [0.29, 0.717) is 28.9 Å². The van der Waals surface area contributed by atoms with Crippen molar-refractivity contribution in [1.82, 2.24) is 10.6 Å². The largest absolute Gasteiger partial charge is 0.508 e. The van der Waals surface area contributed by atoms with Gasteiger partial charge in [0.25, 0.3) is 11.7 Å². The number of hydrogen-bond donors (Lipinski definition) is 8. The molecule has 5 rings (SSSR count). The number of aliphatic hydroxyl groups excluding tert-OH is 4. The molecule has 8 N–H and O–H groups in total. The fourth-order valence-electron chi connectivity index (χ4n) is 6.61. The van der Waals surface area contributed by atoms with Crippen molar-refractivity contribution in [2.24, 2.45) is 0 Å². The first kappa shape index (κ1) is 40.4. The number of ketones is 1. The third kappa shape index (κ3) is 8.77. The highest BCUT2D eigenvalue weighted by atomic mass is 32.2. The Morgan fingerprint density at radius 2 is 1.91 bits per heavy atom. The lowest BCUT2D eigenvalue weighted by atomic mass is 9.81. The zero-order chi connectivity index (χ0) is 39.3. The maximum atomic E-state index is 13.3. The van der Waals surface area contributed by atoms with E-state index in [0.717, 1.165) is 18.7 Å². The van der Waals surface area contributed by atoms with Crippen molar-refractivity contribution >= 4 is 46.9 Å². The normalized spacial score (nSPS) is 25.9. The van der Waals surface area contributed by atoms with Crippen LogP contribution in [0.25, 0.3) is 5.57 Å². The number of amides is 2. The fourth-order valence-corrected chi connectivity index (χ4v) is 7.22. The van der Waals surface area contributed by atoms with Gasteiger partial charge in [-0.2, -0.15) is 11.8 Å². The maximum Gasteiger partial charge on any atom is 0.364 e. The predicted molar refractivity (Wildman–Crippen MR) is 192 cm³/mol. The van der Waals surface area contributed by atoms with Crippen LogP contribution in [0.5, 0.6) is 0 Å². The number of carboxylic acids is 2. The molecule has 2 amide bonds. The lowest BCUT2D eigenvalue weighted by Crippen LogP contribution is -2.68. The smallest absolute Gasteiger partial charge is 0.364 e. The summed E-state index contributed by atoms with van der Waals surface area (Å²) >= 11 is 1.61. The predicted octanol–water partition coefficient (Wildman–Crippen LogP) is 1.38. The van der Waals surface area contributed by atoms with Gasteiger partial charge in [0.1, 0.15) is 29.8 Å². The van der Waals surface area contributed by atoms with Crippen LogP contribution in [-0.4, -0.2) is 127 Å². The minimum atomic E-state index is -2.42. The molecule has 1 aromatic carbocycles. The molecule has 1 fully saturated rings. The molecule has 1 saturated heterocycles. The number of carboxylic acid groups (broad SMARTS) is 2. The van der Waals surface area contributed by atoms with E-state index in [1.807, 2.05) is 6.92 Å². The van der Waals surface area contributed by atoms with Crippen molar-refractivity contribution in [3.8, 4) is 0 Å². The van der Waals surface area contributed by atoms with Crippen LogP contribution in [-0.2, 0) is 28.6 Å². The molecule has 1 aromatic rings. The molecule has 2 heterocycles. The number of rotatable bonds is 15. The van der Waals surface area contributed by atoms with E-state index in [9.17, 15) is 54.6 Å². The van der Waals surface area contributed by atoms with Crippen LogP contribution in [0.1, 0.15) is 59.4 Å². The summed E-state index contributed by atoms with van der Waals surface area (Å²) in [7, 11) is 0. The van der Waals surface area contributed by atoms with Crippen LogP contribution in [0.4, 0.5) is 0 Å². The molecule has 0 bridgehead atoms. The molecule has 290 valence electrons. The third-order valence-electron chi connectivity index (χ3n) is 9.16. The summed E-state index contributed by atoms with van der Waals surface area (Å²) < 4.78 is 17.3. The van der Waals surface area contributed by atoms with Crippen LogP contribution in [0, 0.1) is 0 Å². The van der Waals surface area contributed by atoms with Gasteiger partial charge in [0.15, 0.2) is 5.78 Å². The Labute approximate surface area is 313 Å². The van der Waals surface area contributed by atoms with Crippen molar-refractivity contribution < 1.29 is 68.8 Å². The van der Waals surface area contributed by atoms with Gasteiger partial charge in [-0.25, -0.2) is 9.59 Å². The van der Waals surface area contributed by atoms with Gasteiger partial charge in [0.05, 0.1) is 30.4 Å². The Hall–Kier alpha value is -4.78. The average Bonchev–Trinajstić information content (AvgIpc) is 3.12. The summed E-state index contributed by atoms with van der Waals surface area (Å²) in [6.07, 6.45) is -0.705. The minimum absolute atomic E-state index is 0.0462. The highest BCUT2D eigenvalue weighted by Crippen LogP contribution is 2.44. The average molecular weight is 771 g/mol. The number of aromatic carboxylic acids is 1. The van der Waals surface area contributed by atoms with Gasteiger partial charge in [0.2, 0.25) is 5.91 Å². The van der Waals surface area contributed by atoms with Crippen molar-refractivity contribution in [3.63, 3.8) is 0 Å². The Kier molecular flexibility index (Phi) is 12.8. The number of carbonyl (C=O) groups excluding carboxylic acids is 3. The van der Waals surface area contributed by atoms with Crippen molar-refractivity contribution in [1.29, 1.82) is 0 Å². The quantitative estimate of drug-likeness (QED) is 0.117. The van der Waals surface area contributed by atoms with Crippen molar-refractivity contribution in [2.75, 3.05) is 24.7 Å². The molecule has 0 saturated carbocycles. The van der Waals surface area contributed by atoms with E-state index in [2.05, 4.69) is 10.6 Å². The SMILES string of the molecule is CCSCCCO[C@]1(C(=O)O)CC(O)C(NC(C)=O)[C@H]([C@H](O)[C@H](O)CNC(=O)c2ccc(C3=C4C=CC(O)=CC4OC4=CC(=O)CC=C43)c(C(=O)O)c2)O1. The summed E-state index contributed by atoms with van der Waals surface area (Å²) in [5, 5.41) is 68.4. The van der Waals surface area contributed by atoms with E-state index < -0.39 is 79.1 Å². The second-order valence-electron chi connectivity index (χ2n) is 13.0. The highest BCUT2D eigenvalue weighted by Gasteiger charge is 2.55. The summed E-state index contributed by atoms with van der Waals surface area (Å²) in [5.41, 5.74) is 1.20. The number of nitrogens with one attached hydrogen (secondary N) is 2. The number of aliphatic hydroxyl groups is 4. The number of benzene rings is 1. The first-order chi connectivity index (χ1) is 25.6. The molecule has 2 aliphatic carbocycles. The highest BCUT2D eigenvalue weighted by molar-refractivity contribution is 7.99. The third-order valence-corrected chi connectivity index (χ3v) is 10.1. The van der Waals surface area contributed by atoms with E-state index in [1.54, 1.807) is 23.9 Å². The fraction of sp³-hybridized carbons (Fsp3) is 0.432. The standard InChI is InChI=1S/C37H42N2O14S/c1-3-54-12-4-11-51-37(36(49)50)16-26(43)31(39-18(2)40)33(53-37)32(45)27(44)17-38-34(46)19-5-8-22(25(13-19)35(47)48)30-23-9-6-20(41)14-28(23)52-29-15-21(42)7-10-24(29)30/h5-6,8-10,13-15,26-28,31-33,41,43-45H,3-4,7,11-12,16-17H2,1-2H3,(H,38,46)(H,39,40)(H,47,48)(H,49,50)/t26?,27-,28?,31?,32-,33-,37-/m1/s1. The summed E-state index contributed by atoms with van der Waals surface area (Å²) in [6, 6.07) is 2.51. The Balaban J connectivity index is 1.36. The van der Waals surface area contributed by atoms with Gasteiger partial charge >= 0.3 is 11.9 Å². The molecule has 4 aliphatic rings. The number of aliphatic carboxylic acids is 1. The zero-order valence-electron chi connectivity index (χ0n) is 29.4. The molecule has 0 radical (unpaired) electrons. The van der Waals surface area contributed by atoms with Gasteiger partial charge in [-0.1, -0.05) is 25.1 Å². The molecule has 0 aromatic heterocycles. The molecule has 0 spiro atoms. The Morgan fingerprint density at radius 3 is 2.59 bits per heavy atom. The molecular formula is C37H42N2O14S. The topological polar surface area (TPSA) is 258 Å². The van der Waals surface area contributed by atoms with E-state index in [1.165, 1.54) is 30.4 Å². The molecule has 3 unspecified atom stereocenters. The molecular weight excluding hydrogens is 728 g/mol. The number of hydrogen-bond acceptors (Lipinski definition) is 13. The van der Waals surface area contributed by atoms with Gasteiger partial charge in [-0.3, -0.25) is 14.4 Å². The summed E-state index contributed by atoms with van der Waals surface area (Å²) in [6.45, 7) is 2.39. The van der Waals surface area contributed by atoms with E-state index in [-0.39, 0.29) is 47.0 Å². The Morgan fingerprint density at radius 1 is 1.15 bits per heavy atom. The van der Waals surface area contributed by atoms with Crippen molar-refractivity contribution in [3.05, 3.63) is 87.9 Å². The lowest BCUT2D eigenvalue weighted by molar-refractivity contribution is -0.310. The minimum Gasteiger partial charge on any atom is -0.508 e. The number of carbonyl (C=O) groups is 5. The van der Waals surface area contributed by atoms with Gasteiger partial charge < -0.3 is 55.5 Å². The number of thioether (sulfide) groups is 1. The monoisotopic (exact) mass is 770 g/mol. The Bertz CT molecular complexity index is 1850. The molecule has 17 heteroatoms. The van der Waals surface area contributed by atoms with Gasteiger partial charge in [-0.15, -0.1) is 0 Å². The van der Waals surface area contributed by atoms with Crippen LogP contribution < -0.4 is 10.6 Å². The zero-order valence-corrected chi connectivity index (χ0v) is 30.2. The number of allylic oxidation sites excluding steroid dienone is 4. The molecule has 16 nitrogen and oxygen atoms in total. The molecule has 2 aliphatic heterocycles. The van der Waals surface area contributed by atoms with Crippen LogP contribution in [0.3, 0.4) is 0 Å². The van der Waals surface area contributed by atoms with Crippen molar-refractivity contribution in [2.45, 2.75) is 75.5 Å². The number of fused-ring (bicyclic) bond motifs is 2. The summed E-state index contributed by atoms with van der Waals surface area (Å²) in [5.74, 6) is -5.47. The molecule has 7 atom stereocenters. The van der Waals surface area contributed by atoms with E-state index >= 15 is 0 Å². The first-order valence-corrected chi connectivity index (χ1v) is 18.4. The summed E-state index contributed by atoms with van der Waals surface area (Å²) in [4.78, 5) is 62.5. The van der Waals surface area contributed by atoms with Crippen LogP contribution >= 0.6 is 11.8 Å². The van der Waals surface area contributed by atoms with Crippen LogP contribution in [0.2, 0.25) is 0 Å².